The number of H-pyrrole nitrogens is 1. The normalized spacial score (nSPS) is 11.0. The second-order valence-corrected chi connectivity index (χ2v) is 8.36. The Morgan fingerprint density at radius 3 is 2.81 bits per heavy atom. The Labute approximate surface area is 188 Å². The molecule has 0 saturated carbocycles. The molecule has 0 fully saturated rings. The van der Waals surface area contributed by atoms with Crippen LogP contribution in [0.5, 0.6) is 0 Å². The van der Waals surface area contributed by atoms with Crippen LogP contribution in [-0.2, 0) is 11.2 Å². The minimum atomic E-state index is -0.0924. The minimum Gasteiger partial charge on any atom is -0.355 e. The van der Waals surface area contributed by atoms with Crippen molar-refractivity contribution >= 4 is 40.3 Å². The standard InChI is InChI=1S/C22H21ClN6OS/c1-14-19-20(24)29(17-9-5-8-16(23)12-17)22(26-21(19)28-27-14)31-13-18(30)25-11-10-15-6-3-2-4-7-15/h2-9,12,24H,10-11,13H2,1H3,(H,25,30)(H,27,28). The summed E-state index contributed by atoms with van der Waals surface area (Å²) >= 11 is 7.44. The SMILES string of the molecule is Cc1[nH]nc2nc(SCC(=O)NCCc3ccccc3)n(-c3cccc(Cl)c3)c(=N)c12. The number of fused-ring (bicyclic) bond motifs is 1. The Morgan fingerprint density at radius 1 is 1.23 bits per heavy atom. The summed E-state index contributed by atoms with van der Waals surface area (Å²) < 4.78 is 1.69. The fraction of sp³-hybridized carbons (Fsp3) is 0.182. The highest BCUT2D eigenvalue weighted by molar-refractivity contribution is 7.99. The maximum atomic E-state index is 12.4. The number of thioether (sulfide) groups is 1. The number of hydrogen-bond donors (Lipinski definition) is 3. The lowest BCUT2D eigenvalue weighted by Gasteiger charge is -2.13. The van der Waals surface area contributed by atoms with Crippen LogP contribution in [0.25, 0.3) is 16.7 Å². The number of halogens is 1. The summed E-state index contributed by atoms with van der Waals surface area (Å²) in [6.45, 7) is 2.41. The third kappa shape index (κ3) is 4.81. The van der Waals surface area contributed by atoms with E-state index in [1.54, 1.807) is 16.7 Å². The Balaban J connectivity index is 1.54. The number of aromatic nitrogens is 4. The number of benzene rings is 2. The van der Waals surface area contributed by atoms with Crippen LogP contribution in [0.2, 0.25) is 5.02 Å². The third-order valence-electron chi connectivity index (χ3n) is 4.76. The van der Waals surface area contributed by atoms with Crippen molar-refractivity contribution in [3.8, 4) is 5.69 Å². The molecule has 9 heteroatoms. The van der Waals surface area contributed by atoms with Crippen molar-refractivity contribution in [2.45, 2.75) is 18.5 Å². The number of nitrogens with one attached hydrogen (secondary N) is 3. The largest absolute Gasteiger partial charge is 0.355 e. The first-order chi connectivity index (χ1) is 15.0. The molecular weight excluding hydrogens is 432 g/mol. The second-order valence-electron chi connectivity index (χ2n) is 6.98. The summed E-state index contributed by atoms with van der Waals surface area (Å²) in [7, 11) is 0. The minimum absolute atomic E-state index is 0.0924. The van der Waals surface area contributed by atoms with Crippen LogP contribution in [0.3, 0.4) is 0 Å². The van der Waals surface area contributed by atoms with Crippen LogP contribution in [0.1, 0.15) is 11.3 Å². The Bertz CT molecular complexity index is 1280. The summed E-state index contributed by atoms with van der Waals surface area (Å²) in [4.78, 5) is 17.0. The monoisotopic (exact) mass is 452 g/mol. The van der Waals surface area contributed by atoms with Gasteiger partial charge >= 0.3 is 0 Å². The molecular formula is C22H21ClN6OS. The third-order valence-corrected chi connectivity index (χ3v) is 5.93. The molecule has 1 amide bonds. The quantitative estimate of drug-likeness (QED) is 0.294. The van der Waals surface area contributed by atoms with Crippen LogP contribution in [0, 0.1) is 12.3 Å². The Kier molecular flexibility index (Phi) is 6.39. The van der Waals surface area contributed by atoms with Gasteiger partial charge in [0.15, 0.2) is 10.8 Å². The number of hydrogen-bond acceptors (Lipinski definition) is 5. The van der Waals surface area contributed by atoms with Gasteiger partial charge in [0.1, 0.15) is 5.49 Å². The molecule has 31 heavy (non-hydrogen) atoms. The first kappa shape index (κ1) is 21.1. The molecule has 2 aromatic heterocycles. The van der Waals surface area contributed by atoms with E-state index >= 15 is 0 Å². The van der Waals surface area contributed by atoms with Gasteiger partial charge in [0.2, 0.25) is 5.91 Å². The van der Waals surface area contributed by atoms with E-state index in [9.17, 15) is 4.79 Å². The van der Waals surface area contributed by atoms with Crippen LogP contribution in [-0.4, -0.2) is 38.0 Å². The van der Waals surface area contributed by atoms with Crippen LogP contribution >= 0.6 is 23.4 Å². The van der Waals surface area contributed by atoms with E-state index in [0.29, 0.717) is 33.4 Å². The average molecular weight is 453 g/mol. The van der Waals surface area contributed by atoms with Crippen molar-refractivity contribution in [1.82, 2.24) is 25.1 Å². The highest BCUT2D eigenvalue weighted by atomic mass is 35.5. The van der Waals surface area contributed by atoms with E-state index in [-0.39, 0.29) is 17.1 Å². The summed E-state index contributed by atoms with van der Waals surface area (Å²) in [5.74, 6) is 0.0849. The molecule has 0 bridgehead atoms. The lowest BCUT2D eigenvalue weighted by atomic mass is 10.1. The molecule has 0 unspecified atom stereocenters. The summed E-state index contributed by atoms with van der Waals surface area (Å²) in [5, 5.41) is 20.5. The summed E-state index contributed by atoms with van der Waals surface area (Å²) in [5.41, 5.74) is 3.34. The number of amides is 1. The van der Waals surface area contributed by atoms with E-state index < -0.39 is 0 Å². The Hall–Kier alpha value is -3.10. The van der Waals surface area contributed by atoms with E-state index in [0.717, 1.165) is 12.1 Å². The van der Waals surface area contributed by atoms with Gasteiger partial charge in [-0.3, -0.25) is 19.9 Å². The number of nitrogens with zero attached hydrogens (tertiary/aromatic N) is 3. The number of aromatic amines is 1. The Morgan fingerprint density at radius 2 is 2.03 bits per heavy atom. The van der Waals surface area contributed by atoms with Gasteiger partial charge in [-0.2, -0.15) is 5.10 Å². The van der Waals surface area contributed by atoms with Crippen LogP contribution < -0.4 is 10.8 Å². The first-order valence-corrected chi connectivity index (χ1v) is 11.1. The molecule has 4 rings (SSSR count). The van der Waals surface area contributed by atoms with E-state index in [4.69, 9.17) is 17.0 Å². The van der Waals surface area contributed by atoms with Gasteiger partial charge < -0.3 is 5.32 Å². The maximum absolute atomic E-state index is 12.4. The van der Waals surface area contributed by atoms with Gasteiger partial charge in [0.05, 0.1) is 16.8 Å². The molecule has 4 aromatic rings. The van der Waals surface area contributed by atoms with Crippen molar-refractivity contribution in [3.63, 3.8) is 0 Å². The molecule has 2 heterocycles. The average Bonchev–Trinajstić information content (AvgIpc) is 3.14. The fourth-order valence-electron chi connectivity index (χ4n) is 3.25. The van der Waals surface area contributed by atoms with Crippen molar-refractivity contribution in [2.24, 2.45) is 0 Å². The molecule has 0 saturated heterocycles. The van der Waals surface area contributed by atoms with Crippen molar-refractivity contribution in [3.05, 3.63) is 76.4 Å². The van der Waals surface area contributed by atoms with Crippen LogP contribution in [0.4, 0.5) is 0 Å². The number of rotatable bonds is 7. The van der Waals surface area contributed by atoms with Gasteiger partial charge in [-0.1, -0.05) is 59.8 Å². The lowest BCUT2D eigenvalue weighted by Crippen LogP contribution is -2.28. The summed E-state index contributed by atoms with van der Waals surface area (Å²) in [6, 6.07) is 17.2. The van der Waals surface area contributed by atoms with E-state index in [1.165, 1.54) is 17.3 Å². The molecule has 0 atom stereocenters. The highest BCUT2D eigenvalue weighted by Crippen LogP contribution is 2.23. The maximum Gasteiger partial charge on any atom is 0.230 e. The van der Waals surface area contributed by atoms with Gasteiger partial charge in [0.25, 0.3) is 0 Å². The van der Waals surface area contributed by atoms with Gasteiger partial charge in [-0.05, 0) is 37.1 Å². The predicted octanol–water partition coefficient (Wildman–Crippen LogP) is 3.64. The van der Waals surface area contributed by atoms with Crippen molar-refractivity contribution in [2.75, 3.05) is 12.3 Å². The second kappa shape index (κ2) is 9.36. The smallest absolute Gasteiger partial charge is 0.230 e. The van der Waals surface area contributed by atoms with Crippen molar-refractivity contribution in [1.29, 1.82) is 5.41 Å². The molecule has 0 aliphatic heterocycles. The molecule has 2 aromatic carbocycles. The molecule has 0 aliphatic carbocycles. The molecule has 0 spiro atoms. The number of carbonyl (C=O) groups excluding carboxylic acids is 1. The first-order valence-electron chi connectivity index (χ1n) is 9.74. The number of aryl methyl sites for hydroxylation is 1. The fourth-order valence-corrected chi connectivity index (χ4v) is 4.28. The molecule has 7 nitrogen and oxygen atoms in total. The molecule has 0 aliphatic rings. The highest BCUT2D eigenvalue weighted by Gasteiger charge is 2.16. The zero-order valence-corrected chi connectivity index (χ0v) is 18.4. The van der Waals surface area contributed by atoms with E-state index in [2.05, 4.69) is 20.5 Å². The van der Waals surface area contributed by atoms with Crippen molar-refractivity contribution < 1.29 is 4.79 Å². The van der Waals surface area contributed by atoms with Gasteiger partial charge in [-0.15, -0.1) is 0 Å². The molecule has 0 radical (unpaired) electrons. The molecule has 158 valence electrons. The van der Waals surface area contributed by atoms with E-state index in [1.807, 2.05) is 49.4 Å². The zero-order chi connectivity index (χ0) is 21.8. The van der Waals surface area contributed by atoms with Crippen LogP contribution in [0.15, 0.2) is 59.8 Å². The van der Waals surface area contributed by atoms with Gasteiger partial charge in [-0.25, -0.2) is 4.98 Å². The topological polar surface area (TPSA) is 99.4 Å². The zero-order valence-electron chi connectivity index (χ0n) is 16.9. The van der Waals surface area contributed by atoms with Gasteiger partial charge in [0, 0.05) is 17.3 Å². The number of carbonyl (C=O) groups is 1. The molecule has 3 N–H and O–H groups in total. The summed E-state index contributed by atoms with van der Waals surface area (Å²) in [6.07, 6.45) is 0.771. The predicted molar refractivity (Wildman–Crippen MR) is 123 cm³/mol. The lowest BCUT2D eigenvalue weighted by molar-refractivity contribution is -0.118.